The lowest BCUT2D eigenvalue weighted by atomic mass is 10.2. The number of anilines is 1. The summed E-state index contributed by atoms with van der Waals surface area (Å²) in [5, 5.41) is 4.19. The molecule has 2 nitrogen and oxygen atoms in total. The van der Waals surface area contributed by atoms with E-state index in [1.807, 2.05) is 54.7 Å². The van der Waals surface area contributed by atoms with Crippen LogP contribution in [-0.2, 0) is 0 Å². The first-order valence-corrected chi connectivity index (χ1v) is 6.03. The van der Waals surface area contributed by atoms with E-state index in [9.17, 15) is 0 Å². The molecule has 0 saturated heterocycles. The van der Waals surface area contributed by atoms with E-state index in [1.54, 1.807) is 0 Å². The average molecular weight is 322 g/mol. The average Bonchev–Trinajstić information content (AvgIpc) is 2.33. The second-order valence-electron chi connectivity index (χ2n) is 3.26. The molecule has 0 heterocycles. The molecule has 16 heavy (non-hydrogen) atoms. The van der Waals surface area contributed by atoms with Gasteiger partial charge >= 0.3 is 0 Å². The summed E-state index contributed by atoms with van der Waals surface area (Å²) < 4.78 is 1.19. The van der Waals surface area contributed by atoms with Gasteiger partial charge in [-0.1, -0.05) is 36.4 Å². The Morgan fingerprint density at radius 3 is 2.38 bits per heavy atom. The Morgan fingerprint density at radius 2 is 1.62 bits per heavy atom. The maximum Gasteiger partial charge on any atom is 0.0561 e. The van der Waals surface area contributed by atoms with E-state index in [0.29, 0.717) is 0 Å². The molecule has 0 bridgehead atoms. The highest BCUT2D eigenvalue weighted by Gasteiger charge is 1.92. The minimum atomic E-state index is 0.990. The van der Waals surface area contributed by atoms with Gasteiger partial charge in [-0.3, -0.25) is 5.43 Å². The predicted octanol–water partition coefficient (Wildman–Crippen LogP) is 3.74. The fourth-order valence-electron chi connectivity index (χ4n) is 1.27. The molecule has 0 amide bonds. The first-order valence-electron chi connectivity index (χ1n) is 4.95. The van der Waals surface area contributed by atoms with Gasteiger partial charge in [0.05, 0.1) is 11.9 Å². The van der Waals surface area contributed by atoms with Gasteiger partial charge in [-0.05, 0) is 40.8 Å². The minimum Gasteiger partial charge on any atom is -0.279 e. The Labute approximate surface area is 109 Å². The zero-order chi connectivity index (χ0) is 11.2. The molecular formula is C13H11IN2. The summed E-state index contributed by atoms with van der Waals surface area (Å²) >= 11 is 2.30. The summed E-state index contributed by atoms with van der Waals surface area (Å²) in [6.07, 6.45) is 1.83. The summed E-state index contributed by atoms with van der Waals surface area (Å²) in [5.41, 5.74) is 5.09. The van der Waals surface area contributed by atoms with Crippen LogP contribution in [0.25, 0.3) is 0 Å². The monoisotopic (exact) mass is 322 g/mol. The van der Waals surface area contributed by atoms with Crippen LogP contribution >= 0.6 is 22.6 Å². The predicted molar refractivity (Wildman–Crippen MR) is 76.8 cm³/mol. The van der Waals surface area contributed by atoms with Crippen LogP contribution in [0, 0.1) is 3.57 Å². The third kappa shape index (κ3) is 3.06. The van der Waals surface area contributed by atoms with Crippen molar-refractivity contribution in [2.45, 2.75) is 0 Å². The van der Waals surface area contributed by atoms with Gasteiger partial charge in [-0.15, -0.1) is 0 Å². The van der Waals surface area contributed by atoms with E-state index >= 15 is 0 Å². The Hall–Kier alpha value is -1.36. The largest absolute Gasteiger partial charge is 0.279 e. The van der Waals surface area contributed by atoms with Crippen LogP contribution in [0.5, 0.6) is 0 Å². The summed E-state index contributed by atoms with van der Waals surface area (Å²) in [5.74, 6) is 0. The summed E-state index contributed by atoms with van der Waals surface area (Å²) in [7, 11) is 0. The first-order chi connectivity index (χ1) is 7.86. The molecule has 0 radical (unpaired) electrons. The molecular weight excluding hydrogens is 311 g/mol. The lowest BCUT2D eigenvalue weighted by Crippen LogP contribution is -1.91. The van der Waals surface area contributed by atoms with Crippen molar-refractivity contribution in [2.24, 2.45) is 5.10 Å². The molecule has 2 aromatic carbocycles. The van der Waals surface area contributed by atoms with Crippen LogP contribution in [0.4, 0.5) is 5.69 Å². The van der Waals surface area contributed by atoms with Crippen LogP contribution in [0.1, 0.15) is 5.56 Å². The Balaban J connectivity index is 2.03. The highest BCUT2D eigenvalue weighted by molar-refractivity contribution is 14.1. The maximum absolute atomic E-state index is 4.19. The molecule has 0 spiro atoms. The molecule has 1 N–H and O–H groups in total. The van der Waals surface area contributed by atoms with E-state index in [2.05, 4.69) is 39.2 Å². The third-order valence-corrected chi connectivity index (χ3v) is 3.06. The van der Waals surface area contributed by atoms with Crippen molar-refractivity contribution in [3.8, 4) is 0 Å². The van der Waals surface area contributed by atoms with Gasteiger partial charge in [0, 0.05) is 9.13 Å². The zero-order valence-electron chi connectivity index (χ0n) is 8.60. The second kappa shape index (κ2) is 5.65. The number of halogens is 1. The molecule has 0 aliphatic heterocycles. The molecule has 0 fully saturated rings. The number of nitrogens with zero attached hydrogens (tertiary/aromatic N) is 1. The summed E-state index contributed by atoms with van der Waals surface area (Å²) in [4.78, 5) is 0. The first kappa shape index (κ1) is 11.1. The molecule has 3 heteroatoms. The quantitative estimate of drug-likeness (QED) is 0.520. The van der Waals surface area contributed by atoms with Crippen LogP contribution in [0.3, 0.4) is 0 Å². The van der Waals surface area contributed by atoms with Crippen molar-refractivity contribution in [3.63, 3.8) is 0 Å². The van der Waals surface area contributed by atoms with Crippen LogP contribution < -0.4 is 5.43 Å². The van der Waals surface area contributed by atoms with Gasteiger partial charge < -0.3 is 0 Å². The SMILES string of the molecule is Ic1ccccc1/C=N\Nc1ccccc1. The Morgan fingerprint density at radius 1 is 0.938 bits per heavy atom. The summed E-state index contributed by atoms with van der Waals surface area (Å²) in [6.45, 7) is 0. The number of hydrazone groups is 1. The molecule has 0 aromatic heterocycles. The van der Waals surface area contributed by atoms with Crippen molar-refractivity contribution >= 4 is 34.5 Å². The topological polar surface area (TPSA) is 24.4 Å². The third-order valence-electron chi connectivity index (χ3n) is 2.08. The molecule has 80 valence electrons. The van der Waals surface area contributed by atoms with Crippen molar-refractivity contribution in [3.05, 3.63) is 63.7 Å². The number of rotatable bonds is 3. The van der Waals surface area contributed by atoms with Crippen molar-refractivity contribution in [2.75, 3.05) is 5.43 Å². The smallest absolute Gasteiger partial charge is 0.0561 e. The zero-order valence-corrected chi connectivity index (χ0v) is 10.8. The molecule has 0 saturated carbocycles. The van der Waals surface area contributed by atoms with E-state index in [-0.39, 0.29) is 0 Å². The second-order valence-corrected chi connectivity index (χ2v) is 4.42. The van der Waals surface area contributed by atoms with Gasteiger partial charge in [0.25, 0.3) is 0 Å². The van der Waals surface area contributed by atoms with E-state index in [1.165, 1.54) is 3.57 Å². The Bertz CT molecular complexity index is 480. The number of hydrogen-bond donors (Lipinski definition) is 1. The lowest BCUT2D eigenvalue weighted by Gasteiger charge is -1.99. The van der Waals surface area contributed by atoms with Crippen molar-refractivity contribution < 1.29 is 0 Å². The fraction of sp³-hybridized carbons (Fsp3) is 0. The van der Waals surface area contributed by atoms with Crippen LogP contribution in [0.15, 0.2) is 59.7 Å². The molecule has 2 aromatic rings. The number of para-hydroxylation sites is 1. The fourth-order valence-corrected chi connectivity index (χ4v) is 1.80. The number of benzene rings is 2. The number of hydrogen-bond acceptors (Lipinski definition) is 2. The van der Waals surface area contributed by atoms with Gasteiger partial charge in [-0.2, -0.15) is 5.10 Å². The highest BCUT2D eigenvalue weighted by Crippen LogP contribution is 2.09. The Kier molecular flexibility index (Phi) is 3.93. The van der Waals surface area contributed by atoms with Gasteiger partial charge in [0.1, 0.15) is 0 Å². The molecule has 0 unspecified atom stereocenters. The molecule has 0 aliphatic rings. The molecule has 2 rings (SSSR count). The van der Waals surface area contributed by atoms with E-state index in [4.69, 9.17) is 0 Å². The standard InChI is InChI=1S/C13H11IN2/c14-13-9-5-4-6-11(13)10-15-16-12-7-2-1-3-8-12/h1-10,16H/b15-10-. The van der Waals surface area contributed by atoms with Crippen molar-refractivity contribution in [1.29, 1.82) is 0 Å². The van der Waals surface area contributed by atoms with E-state index < -0.39 is 0 Å². The lowest BCUT2D eigenvalue weighted by molar-refractivity contribution is 1.35. The normalized spacial score (nSPS) is 10.6. The van der Waals surface area contributed by atoms with E-state index in [0.717, 1.165) is 11.3 Å². The van der Waals surface area contributed by atoms with Gasteiger partial charge in [0.2, 0.25) is 0 Å². The minimum absolute atomic E-state index is 0.990. The summed E-state index contributed by atoms with van der Waals surface area (Å²) in [6, 6.07) is 18.0. The van der Waals surface area contributed by atoms with Gasteiger partial charge in [-0.25, -0.2) is 0 Å². The van der Waals surface area contributed by atoms with Crippen LogP contribution in [0.2, 0.25) is 0 Å². The van der Waals surface area contributed by atoms with Crippen LogP contribution in [-0.4, -0.2) is 6.21 Å². The highest BCUT2D eigenvalue weighted by atomic mass is 127. The van der Waals surface area contributed by atoms with Crippen molar-refractivity contribution in [1.82, 2.24) is 0 Å². The number of nitrogens with one attached hydrogen (secondary N) is 1. The molecule has 0 atom stereocenters. The molecule has 0 aliphatic carbocycles. The van der Waals surface area contributed by atoms with Gasteiger partial charge in [0.15, 0.2) is 0 Å². The maximum atomic E-state index is 4.19.